The predicted octanol–water partition coefficient (Wildman–Crippen LogP) is 6.63. The number of nitrogens with one attached hydrogen (secondary N) is 1. The number of aromatic nitrogens is 1. The Kier molecular flexibility index (Phi) is 5.82. The first-order valence-electron chi connectivity index (χ1n) is 11.8. The number of aryl methyl sites for hydroxylation is 1. The van der Waals surface area contributed by atoms with Gasteiger partial charge in [-0.25, -0.2) is 0 Å². The number of rotatable bonds is 4. The second kappa shape index (κ2) is 9.18. The molecule has 4 aromatic rings. The number of halogens is 1. The molecule has 0 atom stereocenters. The van der Waals surface area contributed by atoms with E-state index in [2.05, 4.69) is 20.7 Å². The van der Waals surface area contributed by atoms with Crippen LogP contribution in [0, 0.1) is 19.3 Å². The van der Waals surface area contributed by atoms with Crippen LogP contribution < -0.4 is 0 Å². The van der Waals surface area contributed by atoms with Crippen molar-refractivity contribution < 1.29 is 4.79 Å². The van der Waals surface area contributed by atoms with E-state index in [9.17, 15) is 4.79 Å². The minimum atomic E-state index is -0.432. The molecule has 37 heavy (non-hydrogen) atoms. The molecule has 0 spiro atoms. The Morgan fingerprint density at radius 1 is 1.00 bits per heavy atom. The van der Waals surface area contributed by atoms with Crippen LogP contribution in [0.5, 0.6) is 0 Å². The minimum absolute atomic E-state index is 0.0264. The fourth-order valence-electron chi connectivity index (χ4n) is 4.57. The van der Waals surface area contributed by atoms with E-state index in [-0.39, 0.29) is 11.4 Å². The van der Waals surface area contributed by atoms with Gasteiger partial charge in [0, 0.05) is 39.3 Å². The van der Waals surface area contributed by atoms with Crippen molar-refractivity contribution in [3.63, 3.8) is 0 Å². The number of aliphatic imine (C=N–C) groups is 1. The van der Waals surface area contributed by atoms with Crippen molar-refractivity contribution in [2.24, 2.45) is 10.1 Å². The van der Waals surface area contributed by atoms with Crippen molar-refractivity contribution in [2.45, 2.75) is 20.4 Å². The molecule has 2 aliphatic heterocycles. The molecule has 0 saturated carbocycles. The molecule has 6 nitrogen and oxygen atoms in total. The minimum Gasteiger partial charge on any atom is -0.340 e. The highest BCUT2D eigenvalue weighted by atomic mass is 35.5. The summed E-state index contributed by atoms with van der Waals surface area (Å²) >= 11 is 7.38. The van der Waals surface area contributed by atoms with Crippen molar-refractivity contribution in [1.29, 1.82) is 5.41 Å². The molecular formula is C29H22ClN5OS. The van der Waals surface area contributed by atoms with Crippen LogP contribution in [0.4, 0.5) is 0 Å². The molecule has 0 saturated heterocycles. The summed E-state index contributed by atoms with van der Waals surface area (Å²) in [5, 5.41) is 17.7. The zero-order chi connectivity index (χ0) is 25.7. The number of hydrogen-bond acceptors (Lipinski definition) is 4. The molecule has 1 N–H and O–H groups in total. The van der Waals surface area contributed by atoms with E-state index < -0.39 is 5.91 Å². The molecular weight excluding hydrogens is 502 g/mol. The van der Waals surface area contributed by atoms with Crippen LogP contribution in [0.25, 0.3) is 17.0 Å². The Bertz CT molecular complexity index is 1680. The first kappa shape index (κ1) is 23.5. The molecule has 3 heterocycles. The standard InChI is InChI=1S/C29H22ClN5OS/c1-17-7-11-20(12-8-17)28-33-35-26(31)24(27(36)32-29(35)37-28)15-23-18(2)34(25-6-4-3-5-22(23)25)16-19-9-13-21(30)14-10-19/h3-15,31H,16H2,1-2H3/b24-15-,31-26?. The fourth-order valence-corrected chi connectivity index (χ4v) is 5.59. The molecule has 1 amide bonds. The van der Waals surface area contributed by atoms with Gasteiger partial charge in [0.25, 0.3) is 5.91 Å². The number of amides is 1. The van der Waals surface area contributed by atoms with E-state index in [1.165, 1.54) is 16.8 Å². The molecule has 0 fully saturated rings. The van der Waals surface area contributed by atoms with Crippen molar-refractivity contribution in [3.05, 3.63) is 111 Å². The first-order valence-corrected chi connectivity index (χ1v) is 13.0. The molecule has 8 heteroatoms. The summed E-state index contributed by atoms with van der Waals surface area (Å²) in [4.78, 5) is 17.4. The molecule has 0 bridgehead atoms. The number of hydrogen-bond donors (Lipinski definition) is 1. The van der Waals surface area contributed by atoms with Crippen LogP contribution in [0.2, 0.25) is 5.02 Å². The number of thioether (sulfide) groups is 1. The Labute approximate surface area is 223 Å². The van der Waals surface area contributed by atoms with Gasteiger partial charge in [0.1, 0.15) is 5.04 Å². The monoisotopic (exact) mass is 523 g/mol. The summed E-state index contributed by atoms with van der Waals surface area (Å²) in [6, 6.07) is 23.9. The lowest BCUT2D eigenvalue weighted by Gasteiger charge is -2.20. The second-order valence-corrected chi connectivity index (χ2v) is 10.4. The maximum absolute atomic E-state index is 13.1. The van der Waals surface area contributed by atoms with E-state index in [0.29, 0.717) is 21.8 Å². The number of carbonyl (C=O) groups excluding carboxylic acids is 1. The average Bonchev–Trinajstić information content (AvgIpc) is 3.43. The topological polar surface area (TPSA) is 73.8 Å². The van der Waals surface area contributed by atoms with Crippen molar-refractivity contribution in [1.82, 2.24) is 9.58 Å². The van der Waals surface area contributed by atoms with Gasteiger partial charge in [-0.2, -0.15) is 15.1 Å². The zero-order valence-electron chi connectivity index (χ0n) is 20.2. The summed E-state index contributed by atoms with van der Waals surface area (Å²) in [5.74, 6) is -0.406. The van der Waals surface area contributed by atoms with Gasteiger partial charge < -0.3 is 4.57 Å². The van der Waals surface area contributed by atoms with Crippen LogP contribution in [0.15, 0.2) is 88.5 Å². The molecule has 182 valence electrons. The summed E-state index contributed by atoms with van der Waals surface area (Å²) in [7, 11) is 0. The third kappa shape index (κ3) is 4.20. The maximum Gasteiger partial charge on any atom is 0.283 e. The summed E-state index contributed by atoms with van der Waals surface area (Å²) in [6.07, 6.45) is 1.78. The van der Waals surface area contributed by atoms with E-state index in [1.54, 1.807) is 6.08 Å². The largest absolute Gasteiger partial charge is 0.340 e. The number of benzene rings is 3. The van der Waals surface area contributed by atoms with Crippen molar-refractivity contribution in [3.8, 4) is 0 Å². The number of amidine groups is 2. The van der Waals surface area contributed by atoms with Gasteiger partial charge in [-0.1, -0.05) is 71.8 Å². The van der Waals surface area contributed by atoms with Gasteiger partial charge in [-0.15, -0.1) is 0 Å². The predicted molar refractivity (Wildman–Crippen MR) is 153 cm³/mol. The lowest BCUT2D eigenvalue weighted by molar-refractivity contribution is -0.114. The first-order chi connectivity index (χ1) is 17.9. The van der Waals surface area contributed by atoms with Crippen LogP contribution in [0.1, 0.15) is 27.9 Å². The SMILES string of the molecule is Cc1ccc(C2=NN3C(=N)/C(=C/c4c(C)n(Cc5ccc(Cl)cc5)c5ccccc45)C(=O)N=C3S2)cc1. The number of carbonyl (C=O) groups is 1. The Morgan fingerprint density at radius 2 is 1.73 bits per heavy atom. The van der Waals surface area contributed by atoms with Gasteiger partial charge in [0.15, 0.2) is 5.84 Å². The second-order valence-electron chi connectivity index (χ2n) is 9.02. The van der Waals surface area contributed by atoms with Crippen LogP contribution in [0.3, 0.4) is 0 Å². The maximum atomic E-state index is 13.1. The number of hydrazone groups is 1. The third-order valence-electron chi connectivity index (χ3n) is 6.58. The van der Waals surface area contributed by atoms with Gasteiger partial charge in [0.2, 0.25) is 5.17 Å². The number of fused-ring (bicyclic) bond motifs is 2. The lowest BCUT2D eigenvalue weighted by atomic mass is 10.1. The highest BCUT2D eigenvalue weighted by Gasteiger charge is 2.36. The number of para-hydroxylation sites is 1. The quantitative estimate of drug-likeness (QED) is 0.305. The molecule has 1 aromatic heterocycles. The van der Waals surface area contributed by atoms with Gasteiger partial charge in [-0.3, -0.25) is 10.2 Å². The molecule has 3 aromatic carbocycles. The van der Waals surface area contributed by atoms with E-state index >= 15 is 0 Å². The molecule has 0 aliphatic carbocycles. The van der Waals surface area contributed by atoms with E-state index in [1.807, 2.05) is 80.6 Å². The normalized spacial score (nSPS) is 16.4. The lowest BCUT2D eigenvalue weighted by Crippen LogP contribution is -2.35. The van der Waals surface area contributed by atoms with Crippen LogP contribution in [-0.4, -0.2) is 31.5 Å². The smallest absolute Gasteiger partial charge is 0.283 e. The van der Waals surface area contributed by atoms with E-state index in [4.69, 9.17) is 17.0 Å². The third-order valence-corrected chi connectivity index (χ3v) is 7.78. The Morgan fingerprint density at radius 3 is 2.49 bits per heavy atom. The Hall–Kier alpha value is -3.94. The van der Waals surface area contributed by atoms with Crippen LogP contribution in [-0.2, 0) is 11.3 Å². The van der Waals surface area contributed by atoms with Crippen molar-refractivity contribution >= 4 is 62.3 Å². The van der Waals surface area contributed by atoms with Crippen molar-refractivity contribution in [2.75, 3.05) is 0 Å². The molecule has 6 rings (SSSR count). The summed E-state index contributed by atoms with van der Waals surface area (Å²) in [6.45, 7) is 4.72. The fraction of sp³-hybridized carbons (Fsp3) is 0.103. The summed E-state index contributed by atoms with van der Waals surface area (Å²) < 4.78 is 2.22. The highest BCUT2D eigenvalue weighted by Crippen LogP contribution is 2.33. The average molecular weight is 524 g/mol. The highest BCUT2D eigenvalue weighted by molar-refractivity contribution is 8.27. The molecule has 0 radical (unpaired) electrons. The van der Waals surface area contributed by atoms with Gasteiger partial charge in [-0.05, 0) is 55.4 Å². The van der Waals surface area contributed by atoms with E-state index in [0.717, 1.165) is 38.9 Å². The van der Waals surface area contributed by atoms with Crippen LogP contribution >= 0.6 is 23.4 Å². The van der Waals surface area contributed by atoms with Gasteiger partial charge >= 0.3 is 0 Å². The van der Waals surface area contributed by atoms with Gasteiger partial charge in [0.05, 0.1) is 5.57 Å². The zero-order valence-corrected chi connectivity index (χ0v) is 21.8. The molecule has 2 aliphatic rings. The number of nitrogens with zero attached hydrogens (tertiary/aromatic N) is 4. The summed E-state index contributed by atoms with van der Waals surface area (Å²) in [5.41, 5.74) is 6.37. The molecule has 0 unspecified atom stereocenters. The Balaban J connectivity index is 1.40.